The highest BCUT2D eigenvalue weighted by molar-refractivity contribution is 8.00. The Morgan fingerprint density at radius 1 is 1.31 bits per heavy atom. The van der Waals surface area contributed by atoms with Gasteiger partial charge in [0.25, 0.3) is 0 Å². The van der Waals surface area contributed by atoms with Crippen LogP contribution in [0.1, 0.15) is 17.9 Å². The van der Waals surface area contributed by atoms with Crippen molar-refractivity contribution in [2.24, 2.45) is 0 Å². The van der Waals surface area contributed by atoms with Crippen molar-refractivity contribution in [1.82, 2.24) is 0 Å². The minimum atomic E-state index is -0.266. The number of hydrogen-bond acceptors (Lipinski definition) is 4. The number of nitrogens with zero attached hydrogens (tertiary/aromatic N) is 1. The number of anilines is 2. The van der Waals surface area contributed by atoms with Gasteiger partial charge in [0, 0.05) is 5.69 Å². The number of rotatable bonds is 6. The fourth-order valence-electron chi connectivity index (χ4n) is 2.83. The minimum absolute atomic E-state index is 0.0300. The molecule has 2 aromatic rings. The molecule has 2 aromatic carbocycles. The van der Waals surface area contributed by atoms with Crippen molar-refractivity contribution in [2.75, 3.05) is 28.5 Å². The zero-order valence-electron chi connectivity index (χ0n) is 14.3. The molecule has 26 heavy (non-hydrogen) atoms. The highest BCUT2D eigenvalue weighted by Gasteiger charge is 2.35. The molecule has 1 N–H and O–H groups in total. The maximum absolute atomic E-state index is 12.6. The van der Waals surface area contributed by atoms with Gasteiger partial charge >= 0.3 is 0 Å². The quantitative estimate of drug-likeness (QED) is 0.756. The minimum Gasteiger partial charge on any atom is -0.492 e. The fourth-order valence-corrected chi connectivity index (χ4v) is 4.05. The van der Waals surface area contributed by atoms with Crippen molar-refractivity contribution in [3.8, 4) is 5.75 Å². The first-order chi connectivity index (χ1) is 12.6. The molecule has 1 aliphatic rings. The number of carbonyl (C=O) groups excluding carboxylic acids is 2. The van der Waals surface area contributed by atoms with Gasteiger partial charge in [-0.1, -0.05) is 24.3 Å². The Kier molecular flexibility index (Phi) is 6.06. The molecule has 0 radical (unpaired) electrons. The summed E-state index contributed by atoms with van der Waals surface area (Å²) in [6, 6.07) is 15.0. The lowest BCUT2D eigenvalue weighted by Gasteiger charge is -2.26. The Hall–Kier alpha value is -2.18. The molecule has 5 nitrogen and oxygen atoms in total. The van der Waals surface area contributed by atoms with E-state index in [1.807, 2.05) is 49.4 Å². The summed E-state index contributed by atoms with van der Waals surface area (Å²) < 4.78 is 5.70. The summed E-state index contributed by atoms with van der Waals surface area (Å²) in [6.07, 6.45) is 0. The molecule has 0 saturated carbocycles. The standard InChI is InChI=1S/C19H19ClN2O3S/c1-2-25-16-9-4-3-8-15(16)22-18(24)12-26-19(22)13-6-5-7-14(10-13)21-17(23)11-20/h3-10,19H,2,11-12H2,1H3,(H,21,23). The number of halogens is 1. The number of amides is 2. The fraction of sp³-hybridized carbons (Fsp3) is 0.263. The SMILES string of the molecule is CCOc1ccccc1N1C(=O)CSC1c1cccc(NC(=O)CCl)c1. The first-order valence-electron chi connectivity index (χ1n) is 8.25. The maximum Gasteiger partial charge on any atom is 0.239 e. The summed E-state index contributed by atoms with van der Waals surface area (Å²) >= 11 is 7.10. The van der Waals surface area contributed by atoms with Crippen molar-refractivity contribution in [3.63, 3.8) is 0 Å². The molecule has 1 unspecified atom stereocenters. The van der Waals surface area contributed by atoms with E-state index in [4.69, 9.17) is 16.3 Å². The maximum atomic E-state index is 12.6. The molecule has 1 fully saturated rings. The Morgan fingerprint density at radius 2 is 2.12 bits per heavy atom. The van der Waals surface area contributed by atoms with Gasteiger partial charge in [-0.15, -0.1) is 23.4 Å². The number of thioether (sulfide) groups is 1. The van der Waals surface area contributed by atoms with Crippen LogP contribution in [0.3, 0.4) is 0 Å². The lowest BCUT2D eigenvalue weighted by Crippen LogP contribution is -2.28. The first kappa shape index (κ1) is 18.6. The molecule has 1 atom stereocenters. The molecule has 2 amide bonds. The third kappa shape index (κ3) is 3.97. The molecule has 0 bridgehead atoms. The van der Waals surface area contributed by atoms with E-state index >= 15 is 0 Å². The highest BCUT2D eigenvalue weighted by atomic mass is 35.5. The summed E-state index contributed by atoms with van der Waals surface area (Å²) in [5.41, 5.74) is 2.34. The molecule has 1 heterocycles. The van der Waals surface area contributed by atoms with Crippen molar-refractivity contribution in [1.29, 1.82) is 0 Å². The molecule has 0 aromatic heterocycles. The van der Waals surface area contributed by atoms with Gasteiger partial charge < -0.3 is 10.1 Å². The van der Waals surface area contributed by atoms with Crippen LogP contribution < -0.4 is 15.0 Å². The number of hydrogen-bond donors (Lipinski definition) is 1. The van der Waals surface area contributed by atoms with Crippen LogP contribution in [0.5, 0.6) is 5.75 Å². The van der Waals surface area contributed by atoms with E-state index in [0.717, 1.165) is 11.3 Å². The van der Waals surface area contributed by atoms with Gasteiger partial charge in [0.15, 0.2) is 0 Å². The number of nitrogens with one attached hydrogen (secondary N) is 1. The Bertz CT molecular complexity index is 815. The predicted molar refractivity (Wildman–Crippen MR) is 106 cm³/mol. The molecule has 1 aliphatic heterocycles. The monoisotopic (exact) mass is 390 g/mol. The van der Waals surface area contributed by atoms with E-state index < -0.39 is 0 Å². The number of ether oxygens (including phenoxy) is 1. The number of alkyl halides is 1. The molecule has 1 saturated heterocycles. The van der Waals surface area contributed by atoms with Crippen molar-refractivity contribution in [3.05, 3.63) is 54.1 Å². The normalized spacial score (nSPS) is 16.6. The summed E-state index contributed by atoms with van der Waals surface area (Å²) in [5, 5.41) is 2.56. The molecule has 3 rings (SSSR count). The van der Waals surface area contributed by atoms with Crippen LogP contribution in [0.4, 0.5) is 11.4 Å². The topological polar surface area (TPSA) is 58.6 Å². The van der Waals surface area contributed by atoms with E-state index in [2.05, 4.69) is 5.32 Å². The van der Waals surface area contributed by atoms with E-state index in [-0.39, 0.29) is 23.1 Å². The summed E-state index contributed by atoms with van der Waals surface area (Å²) in [7, 11) is 0. The molecule has 136 valence electrons. The Balaban J connectivity index is 1.94. The van der Waals surface area contributed by atoms with Crippen molar-refractivity contribution >= 4 is 46.6 Å². The van der Waals surface area contributed by atoms with Crippen molar-refractivity contribution in [2.45, 2.75) is 12.3 Å². The van der Waals surface area contributed by atoms with Crippen LogP contribution in [0.25, 0.3) is 0 Å². The van der Waals surface area contributed by atoms with Crippen LogP contribution in [-0.4, -0.2) is 30.1 Å². The zero-order valence-corrected chi connectivity index (χ0v) is 15.8. The van der Waals surface area contributed by atoms with Gasteiger partial charge in [-0.25, -0.2) is 0 Å². The molecule has 7 heteroatoms. The number of benzene rings is 2. The third-order valence-electron chi connectivity index (χ3n) is 3.87. The van der Waals surface area contributed by atoms with Crippen molar-refractivity contribution < 1.29 is 14.3 Å². The third-order valence-corrected chi connectivity index (χ3v) is 5.32. The second-order valence-electron chi connectivity index (χ2n) is 5.64. The van der Waals surface area contributed by atoms with Gasteiger partial charge in [0.05, 0.1) is 18.0 Å². The largest absolute Gasteiger partial charge is 0.492 e. The van der Waals surface area contributed by atoms with E-state index in [1.54, 1.807) is 22.7 Å². The zero-order chi connectivity index (χ0) is 18.5. The summed E-state index contributed by atoms with van der Waals surface area (Å²) in [5.74, 6) is 0.736. The summed E-state index contributed by atoms with van der Waals surface area (Å²) in [6.45, 7) is 2.44. The van der Waals surface area contributed by atoms with Crippen LogP contribution in [-0.2, 0) is 9.59 Å². The Morgan fingerprint density at radius 3 is 2.88 bits per heavy atom. The second-order valence-corrected chi connectivity index (χ2v) is 6.97. The number of carbonyl (C=O) groups is 2. The van der Waals surface area contributed by atoms with E-state index in [0.29, 0.717) is 23.8 Å². The van der Waals surface area contributed by atoms with E-state index in [9.17, 15) is 9.59 Å². The van der Waals surface area contributed by atoms with Crippen LogP contribution in [0, 0.1) is 0 Å². The summed E-state index contributed by atoms with van der Waals surface area (Å²) in [4.78, 5) is 25.9. The van der Waals surface area contributed by atoms with E-state index in [1.165, 1.54) is 0 Å². The van der Waals surface area contributed by atoms with Crippen LogP contribution in [0.15, 0.2) is 48.5 Å². The van der Waals surface area contributed by atoms with Crippen LogP contribution in [0.2, 0.25) is 0 Å². The van der Waals surface area contributed by atoms with Gasteiger partial charge in [0.1, 0.15) is 17.0 Å². The molecular weight excluding hydrogens is 372 g/mol. The van der Waals surface area contributed by atoms with Gasteiger partial charge in [-0.05, 0) is 36.8 Å². The Labute approximate surface area is 161 Å². The van der Waals surface area contributed by atoms with Crippen LogP contribution >= 0.6 is 23.4 Å². The highest BCUT2D eigenvalue weighted by Crippen LogP contribution is 2.45. The van der Waals surface area contributed by atoms with Gasteiger partial charge in [-0.3, -0.25) is 14.5 Å². The lowest BCUT2D eigenvalue weighted by atomic mass is 10.1. The molecule has 0 spiro atoms. The van der Waals surface area contributed by atoms with Gasteiger partial charge in [0.2, 0.25) is 11.8 Å². The average Bonchev–Trinajstić information content (AvgIpc) is 3.04. The average molecular weight is 391 g/mol. The smallest absolute Gasteiger partial charge is 0.239 e. The lowest BCUT2D eigenvalue weighted by molar-refractivity contribution is -0.116. The predicted octanol–water partition coefficient (Wildman–Crippen LogP) is 4.04. The number of para-hydroxylation sites is 2. The molecular formula is C19H19ClN2O3S. The second kappa shape index (κ2) is 8.47. The molecule has 0 aliphatic carbocycles. The van der Waals surface area contributed by atoms with Gasteiger partial charge in [-0.2, -0.15) is 0 Å². The first-order valence-corrected chi connectivity index (χ1v) is 9.83.